The summed E-state index contributed by atoms with van der Waals surface area (Å²) in [7, 11) is 0. The van der Waals surface area contributed by atoms with Crippen LogP contribution < -0.4 is 10.6 Å². The molecule has 0 radical (unpaired) electrons. The zero-order valence-corrected chi connectivity index (χ0v) is 14.3. The van der Waals surface area contributed by atoms with Gasteiger partial charge in [0, 0.05) is 13.1 Å². The molecule has 1 amide bonds. The molecule has 0 aromatic heterocycles. The van der Waals surface area contributed by atoms with Gasteiger partial charge in [-0.2, -0.15) is 0 Å². The molecule has 6 heteroatoms. The number of carbonyl (C=O) groups is 1. The zero-order valence-electron chi connectivity index (χ0n) is 13.5. The molecule has 0 bridgehead atoms. The Hall–Kier alpha value is -1.17. The quantitative estimate of drug-likeness (QED) is 0.881. The fourth-order valence-electron chi connectivity index (χ4n) is 3.63. The second kappa shape index (κ2) is 7.60. The van der Waals surface area contributed by atoms with E-state index in [9.17, 15) is 9.18 Å². The Morgan fingerprint density at radius 3 is 2.78 bits per heavy atom. The van der Waals surface area contributed by atoms with Gasteiger partial charge in [0.2, 0.25) is 5.91 Å². The van der Waals surface area contributed by atoms with Crippen LogP contribution in [0.1, 0.15) is 31.4 Å². The Kier molecular flexibility index (Phi) is 6.00. The van der Waals surface area contributed by atoms with Crippen molar-refractivity contribution in [2.75, 3.05) is 32.7 Å². The third kappa shape index (κ3) is 4.43. The van der Waals surface area contributed by atoms with E-state index in [0.717, 1.165) is 31.7 Å². The van der Waals surface area contributed by atoms with E-state index in [1.165, 1.54) is 25.0 Å². The largest absolute Gasteiger partial charge is 0.348 e. The summed E-state index contributed by atoms with van der Waals surface area (Å²) < 4.78 is 12.9. The molecule has 2 atom stereocenters. The Bertz CT molecular complexity index is 531. The van der Waals surface area contributed by atoms with E-state index in [1.807, 2.05) is 6.92 Å². The first-order valence-corrected chi connectivity index (χ1v) is 8.04. The molecular formula is C17H25ClFN3O. The summed E-state index contributed by atoms with van der Waals surface area (Å²) in [6.45, 7) is 6.57. The third-order valence-electron chi connectivity index (χ3n) is 4.96. The molecule has 2 aliphatic rings. The van der Waals surface area contributed by atoms with Crippen LogP contribution in [0.4, 0.5) is 4.39 Å². The van der Waals surface area contributed by atoms with Crippen LogP contribution in [0.5, 0.6) is 0 Å². The Balaban J connectivity index is 0.00000192. The standard InChI is InChI=1S/C17H24FN3O.ClH/c1-13(14-2-4-15(18)5-3-14)20-16(22)10-21-9-7-17(12-21)6-8-19-11-17;/h2-5,13,19H,6-12H2,1H3,(H,20,22);1H. The van der Waals surface area contributed by atoms with Gasteiger partial charge < -0.3 is 10.6 Å². The lowest BCUT2D eigenvalue weighted by Crippen LogP contribution is -2.38. The van der Waals surface area contributed by atoms with Crippen molar-refractivity contribution >= 4 is 18.3 Å². The summed E-state index contributed by atoms with van der Waals surface area (Å²) in [4.78, 5) is 14.5. The number of nitrogens with one attached hydrogen (secondary N) is 2. The second-order valence-corrected chi connectivity index (χ2v) is 6.73. The fraction of sp³-hybridized carbons (Fsp3) is 0.588. The number of nitrogens with zero attached hydrogens (tertiary/aromatic N) is 1. The van der Waals surface area contributed by atoms with Gasteiger partial charge in [0.25, 0.3) is 0 Å². The number of hydrogen-bond acceptors (Lipinski definition) is 3. The van der Waals surface area contributed by atoms with Crippen LogP contribution in [0.3, 0.4) is 0 Å². The zero-order chi connectivity index (χ0) is 15.6. The maximum Gasteiger partial charge on any atom is 0.234 e. The summed E-state index contributed by atoms with van der Waals surface area (Å²) in [6, 6.07) is 6.19. The molecule has 1 aromatic rings. The monoisotopic (exact) mass is 341 g/mol. The van der Waals surface area contributed by atoms with Crippen molar-refractivity contribution in [2.24, 2.45) is 5.41 Å². The van der Waals surface area contributed by atoms with Gasteiger partial charge in [0.05, 0.1) is 12.6 Å². The molecule has 0 saturated carbocycles. The lowest BCUT2D eigenvalue weighted by Gasteiger charge is -2.23. The Morgan fingerprint density at radius 1 is 1.39 bits per heavy atom. The lowest BCUT2D eigenvalue weighted by atomic mass is 9.87. The van der Waals surface area contributed by atoms with Crippen molar-refractivity contribution in [3.8, 4) is 0 Å². The smallest absolute Gasteiger partial charge is 0.234 e. The minimum Gasteiger partial charge on any atom is -0.348 e. The van der Waals surface area contributed by atoms with Crippen molar-refractivity contribution in [1.82, 2.24) is 15.5 Å². The van der Waals surface area contributed by atoms with Gasteiger partial charge in [0.15, 0.2) is 0 Å². The molecule has 128 valence electrons. The number of carbonyl (C=O) groups excluding carboxylic acids is 1. The summed E-state index contributed by atoms with van der Waals surface area (Å²) in [5.41, 5.74) is 1.32. The molecule has 2 saturated heterocycles. The highest BCUT2D eigenvalue weighted by atomic mass is 35.5. The molecular weight excluding hydrogens is 317 g/mol. The molecule has 3 rings (SSSR count). The number of likely N-dealkylation sites (tertiary alicyclic amines) is 1. The van der Waals surface area contributed by atoms with Crippen molar-refractivity contribution in [3.05, 3.63) is 35.6 Å². The second-order valence-electron chi connectivity index (χ2n) is 6.73. The summed E-state index contributed by atoms with van der Waals surface area (Å²) in [5.74, 6) is -0.213. The van der Waals surface area contributed by atoms with E-state index >= 15 is 0 Å². The van der Waals surface area contributed by atoms with Crippen molar-refractivity contribution in [2.45, 2.75) is 25.8 Å². The summed E-state index contributed by atoms with van der Waals surface area (Å²) in [6.07, 6.45) is 2.40. The van der Waals surface area contributed by atoms with Gasteiger partial charge in [-0.3, -0.25) is 9.69 Å². The van der Waals surface area contributed by atoms with E-state index in [0.29, 0.717) is 12.0 Å². The van der Waals surface area contributed by atoms with Gasteiger partial charge in [-0.25, -0.2) is 4.39 Å². The van der Waals surface area contributed by atoms with Crippen LogP contribution in [-0.4, -0.2) is 43.5 Å². The summed E-state index contributed by atoms with van der Waals surface area (Å²) >= 11 is 0. The number of hydrogen-bond donors (Lipinski definition) is 2. The maximum absolute atomic E-state index is 12.9. The minimum atomic E-state index is -0.255. The van der Waals surface area contributed by atoms with E-state index in [2.05, 4.69) is 15.5 Å². The predicted molar refractivity (Wildman–Crippen MR) is 91.2 cm³/mol. The SMILES string of the molecule is CC(NC(=O)CN1CCC2(CCNC2)C1)c1ccc(F)cc1.Cl. The molecule has 2 aliphatic heterocycles. The first kappa shape index (κ1) is 18.2. The van der Waals surface area contributed by atoms with Gasteiger partial charge in [-0.15, -0.1) is 12.4 Å². The highest BCUT2D eigenvalue weighted by Gasteiger charge is 2.40. The van der Waals surface area contributed by atoms with E-state index in [1.54, 1.807) is 12.1 Å². The van der Waals surface area contributed by atoms with Crippen LogP contribution in [-0.2, 0) is 4.79 Å². The average molecular weight is 342 g/mol. The van der Waals surface area contributed by atoms with E-state index in [-0.39, 0.29) is 30.2 Å². The normalized spacial score (nSPS) is 25.3. The molecule has 1 aromatic carbocycles. The first-order valence-electron chi connectivity index (χ1n) is 8.04. The fourth-order valence-corrected chi connectivity index (χ4v) is 3.63. The Morgan fingerprint density at radius 2 is 2.13 bits per heavy atom. The Labute approximate surface area is 143 Å². The van der Waals surface area contributed by atoms with Crippen LogP contribution in [0, 0.1) is 11.2 Å². The first-order chi connectivity index (χ1) is 10.6. The molecule has 0 aliphatic carbocycles. The molecule has 2 unspecified atom stereocenters. The third-order valence-corrected chi connectivity index (χ3v) is 4.96. The lowest BCUT2D eigenvalue weighted by molar-refractivity contribution is -0.122. The minimum absolute atomic E-state index is 0. The molecule has 4 nitrogen and oxygen atoms in total. The molecule has 2 heterocycles. The average Bonchev–Trinajstić information content (AvgIpc) is 3.10. The van der Waals surface area contributed by atoms with Crippen molar-refractivity contribution < 1.29 is 9.18 Å². The molecule has 1 spiro atoms. The maximum atomic E-state index is 12.9. The number of amides is 1. The molecule has 2 N–H and O–H groups in total. The van der Waals surface area contributed by atoms with Gasteiger partial charge in [-0.05, 0) is 56.0 Å². The van der Waals surface area contributed by atoms with Gasteiger partial charge in [-0.1, -0.05) is 12.1 Å². The highest BCUT2D eigenvalue weighted by molar-refractivity contribution is 5.85. The van der Waals surface area contributed by atoms with Crippen molar-refractivity contribution in [3.63, 3.8) is 0 Å². The predicted octanol–water partition coefficient (Wildman–Crippen LogP) is 2.11. The van der Waals surface area contributed by atoms with Crippen LogP contribution >= 0.6 is 12.4 Å². The van der Waals surface area contributed by atoms with Crippen molar-refractivity contribution in [1.29, 1.82) is 0 Å². The van der Waals surface area contributed by atoms with Crippen LogP contribution in [0.2, 0.25) is 0 Å². The number of halogens is 2. The van der Waals surface area contributed by atoms with E-state index < -0.39 is 0 Å². The number of rotatable bonds is 4. The highest BCUT2D eigenvalue weighted by Crippen LogP contribution is 2.35. The number of benzene rings is 1. The summed E-state index contributed by atoms with van der Waals surface area (Å²) in [5, 5.41) is 6.43. The topological polar surface area (TPSA) is 44.4 Å². The van der Waals surface area contributed by atoms with Crippen LogP contribution in [0.25, 0.3) is 0 Å². The van der Waals surface area contributed by atoms with Crippen LogP contribution in [0.15, 0.2) is 24.3 Å². The molecule has 23 heavy (non-hydrogen) atoms. The van der Waals surface area contributed by atoms with E-state index in [4.69, 9.17) is 0 Å². The van der Waals surface area contributed by atoms with Gasteiger partial charge in [0.1, 0.15) is 5.82 Å². The van der Waals surface area contributed by atoms with Gasteiger partial charge >= 0.3 is 0 Å². The molecule has 2 fully saturated rings.